The topological polar surface area (TPSA) is 33.3 Å². The molecular formula is C7H14N2O. The summed E-state index contributed by atoms with van der Waals surface area (Å²) >= 11 is 0. The number of hydrogen-bond acceptors (Lipinski definition) is 3. The van der Waals surface area contributed by atoms with E-state index in [1.165, 1.54) is 0 Å². The van der Waals surface area contributed by atoms with Gasteiger partial charge in [-0.05, 0) is 6.92 Å². The molecule has 3 nitrogen and oxygen atoms in total. The summed E-state index contributed by atoms with van der Waals surface area (Å²) in [7, 11) is 0. The van der Waals surface area contributed by atoms with Gasteiger partial charge < -0.3 is 15.4 Å². The Hall–Kier alpha value is -0.120. The minimum absolute atomic E-state index is 0.427. The van der Waals surface area contributed by atoms with Crippen LogP contribution in [0.25, 0.3) is 0 Å². The predicted octanol–water partition coefficient (Wildman–Crippen LogP) is -0.665. The number of fused-ring (bicyclic) bond motifs is 1. The Bertz CT molecular complexity index is 129. The second-order valence-electron chi connectivity index (χ2n) is 3.20. The zero-order valence-electron chi connectivity index (χ0n) is 6.26. The molecular weight excluding hydrogens is 128 g/mol. The van der Waals surface area contributed by atoms with Crippen molar-refractivity contribution in [1.29, 1.82) is 0 Å². The Labute approximate surface area is 61.1 Å². The molecule has 10 heavy (non-hydrogen) atoms. The molecule has 58 valence electrons. The van der Waals surface area contributed by atoms with Crippen LogP contribution in [0.3, 0.4) is 0 Å². The quantitative estimate of drug-likeness (QED) is 0.471. The van der Waals surface area contributed by atoms with Crippen LogP contribution in [0.5, 0.6) is 0 Å². The summed E-state index contributed by atoms with van der Waals surface area (Å²) in [5, 5.41) is 6.79. The highest BCUT2D eigenvalue weighted by Crippen LogP contribution is 2.10. The molecule has 3 atom stereocenters. The van der Waals surface area contributed by atoms with E-state index in [9.17, 15) is 0 Å². The first kappa shape index (κ1) is 6.58. The van der Waals surface area contributed by atoms with Gasteiger partial charge in [-0.25, -0.2) is 0 Å². The van der Waals surface area contributed by atoms with E-state index in [1.807, 2.05) is 0 Å². The molecule has 0 spiro atoms. The largest absolute Gasteiger partial charge is 0.374 e. The third kappa shape index (κ3) is 1.05. The lowest BCUT2D eigenvalue weighted by Crippen LogP contribution is -2.52. The van der Waals surface area contributed by atoms with Crippen molar-refractivity contribution in [3.8, 4) is 0 Å². The van der Waals surface area contributed by atoms with Gasteiger partial charge in [0, 0.05) is 25.2 Å². The van der Waals surface area contributed by atoms with Crippen LogP contribution < -0.4 is 10.6 Å². The van der Waals surface area contributed by atoms with Crippen molar-refractivity contribution in [2.24, 2.45) is 0 Å². The molecule has 2 aliphatic heterocycles. The number of nitrogens with one attached hydrogen (secondary N) is 2. The van der Waals surface area contributed by atoms with Crippen molar-refractivity contribution < 1.29 is 4.74 Å². The fourth-order valence-electron chi connectivity index (χ4n) is 1.68. The third-order valence-electron chi connectivity index (χ3n) is 2.22. The van der Waals surface area contributed by atoms with Crippen LogP contribution in [-0.2, 0) is 4.74 Å². The molecule has 0 amide bonds. The second kappa shape index (κ2) is 2.49. The molecule has 0 saturated carbocycles. The van der Waals surface area contributed by atoms with Crippen LogP contribution >= 0.6 is 0 Å². The summed E-state index contributed by atoms with van der Waals surface area (Å²) in [5.74, 6) is 0. The Kier molecular flexibility index (Phi) is 1.64. The standard InChI is InChI=1S/C7H14N2O/c1-5-4-10-7-3-8-2-6(7)9-5/h5-9H,2-4H2,1H3. The predicted molar refractivity (Wildman–Crippen MR) is 39.0 cm³/mol. The number of rotatable bonds is 0. The SMILES string of the molecule is CC1COC2CNCC2N1. The smallest absolute Gasteiger partial charge is 0.0865 e. The maximum absolute atomic E-state index is 5.59. The van der Waals surface area contributed by atoms with Gasteiger partial charge in [0.25, 0.3) is 0 Å². The Morgan fingerprint density at radius 1 is 1.40 bits per heavy atom. The molecule has 2 saturated heterocycles. The zero-order valence-corrected chi connectivity index (χ0v) is 6.26. The van der Waals surface area contributed by atoms with Gasteiger partial charge in [-0.3, -0.25) is 0 Å². The molecule has 2 heterocycles. The third-order valence-corrected chi connectivity index (χ3v) is 2.22. The summed E-state index contributed by atoms with van der Waals surface area (Å²) < 4.78 is 5.59. The summed E-state index contributed by atoms with van der Waals surface area (Å²) in [6.45, 7) is 5.11. The van der Waals surface area contributed by atoms with Crippen molar-refractivity contribution in [3.63, 3.8) is 0 Å². The normalized spacial score (nSPS) is 47.1. The lowest BCUT2D eigenvalue weighted by Gasteiger charge is -2.30. The van der Waals surface area contributed by atoms with Gasteiger partial charge in [0.2, 0.25) is 0 Å². The van der Waals surface area contributed by atoms with Gasteiger partial charge in [-0.1, -0.05) is 0 Å². The first-order valence-corrected chi connectivity index (χ1v) is 3.94. The summed E-state index contributed by atoms with van der Waals surface area (Å²) in [5.41, 5.74) is 0. The molecule has 0 aliphatic carbocycles. The van der Waals surface area contributed by atoms with Crippen LogP contribution in [0, 0.1) is 0 Å². The van der Waals surface area contributed by atoms with Gasteiger partial charge in [0.15, 0.2) is 0 Å². The lowest BCUT2D eigenvalue weighted by molar-refractivity contribution is -0.000549. The monoisotopic (exact) mass is 142 g/mol. The van der Waals surface area contributed by atoms with E-state index in [4.69, 9.17) is 4.74 Å². The highest BCUT2D eigenvalue weighted by Gasteiger charge is 2.32. The van der Waals surface area contributed by atoms with E-state index >= 15 is 0 Å². The number of hydrogen-bond donors (Lipinski definition) is 2. The highest BCUT2D eigenvalue weighted by atomic mass is 16.5. The van der Waals surface area contributed by atoms with Crippen LogP contribution in [0.15, 0.2) is 0 Å². The average Bonchev–Trinajstić information content (AvgIpc) is 2.33. The Morgan fingerprint density at radius 2 is 2.30 bits per heavy atom. The van der Waals surface area contributed by atoms with Crippen molar-refractivity contribution in [3.05, 3.63) is 0 Å². The molecule has 2 N–H and O–H groups in total. The van der Waals surface area contributed by atoms with Crippen LogP contribution in [0.2, 0.25) is 0 Å². The minimum atomic E-state index is 0.427. The summed E-state index contributed by atoms with van der Waals surface area (Å²) in [4.78, 5) is 0. The van der Waals surface area contributed by atoms with E-state index in [1.54, 1.807) is 0 Å². The van der Waals surface area contributed by atoms with Gasteiger partial charge in [-0.2, -0.15) is 0 Å². The van der Waals surface area contributed by atoms with Crippen molar-refractivity contribution in [1.82, 2.24) is 10.6 Å². The molecule has 3 heteroatoms. The zero-order chi connectivity index (χ0) is 6.97. The van der Waals surface area contributed by atoms with Crippen molar-refractivity contribution in [2.45, 2.75) is 25.1 Å². The number of morpholine rings is 1. The summed E-state index contributed by atoms with van der Waals surface area (Å²) in [6, 6.07) is 1.09. The van der Waals surface area contributed by atoms with Gasteiger partial charge >= 0.3 is 0 Å². The maximum atomic E-state index is 5.59. The molecule has 0 aromatic carbocycles. The molecule has 2 aliphatic rings. The van der Waals surface area contributed by atoms with Crippen molar-refractivity contribution >= 4 is 0 Å². The Morgan fingerprint density at radius 3 is 3.20 bits per heavy atom. The molecule has 2 fully saturated rings. The fourth-order valence-corrected chi connectivity index (χ4v) is 1.68. The molecule has 0 aromatic rings. The average molecular weight is 142 g/mol. The molecule has 0 aromatic heterocycles. The minimum Gasteiger partial charge on any atom is -0.374 e. The molecule has 0 radical (unpaired) electrons. The van der Waals surface area contributed by atoms with E-state index in [2.05, 4.69) is 17.6 Å². The summed E-state index contributed by atoms with van der Waals surface area (Å²) in [6.07, 6.45) is 0.427. The molecule has 2 rings (SSSR count). The van der Waals surface area contributed by atoms with Crippen LogP contribution in [0.4, 0.5) is 0 Å². The van der Waals surface area contributed by atoms with E-state index in [0.717, 1.165) is 19.7 Å². The first-order valence-electron chi connectivity index (χ1n) is 3.94. The maximum Gasteiger partial charge on any atom is 0.0865 e. The van der Waals surface area contributed by atoms with E-state index in [0.29, 0.717) is 18.2 Å². The van der Waals surface area contributed by atoms with Crippen LogP contribution in [0.1, 0.15) is 6.92 Å². The van der Waals surface area contributed by atoms with Gasteiger partial charge in [0.1, 0.15) is 0 Å². The lowest BCUT2D eigenvalue weighted by atomic mass is 10.1. The Balaban J connectivity index is 1.96. The van der Waals surface area contributed by atoms with Gasteiger partial charge in [-0.15, -0.1) is 0 Å². The number of ether oxygens (including phenoxy) is 1. The van der Waals surface area contributed by atoms with Crippen LogP contribution in [-0.4, -0.2) is 37.9 Å². The highest BCUT2D eigenvalue weighted by molar-refractivity contribution is 4.92. The van der Waals surface area contributed by atoms with Gasteiger partial charge in [0.05, 0.1) is 12.7 Å². The van der Waals surface area contributed by atoms with Crippen molar-refractivity contribution in [2.75, 3.05) is 19.7 Å². The van der Waals surface area contributed by atoms with E-state index < -0.39 is 0 Å². The fraction of sp³-hybridized carbons (Fsp3) is 1.00. The first-order chi connectivity index (χ1) is 4.86. The molecule has 0 bridgehead atoms. The second-order valence-corrected chi connectivity index (χ2v) is 3.20. The molecule has 3 unspecified atom stereocenters. The van der Waals surface area contributed by atoms with E-state index in [-0.39, 0.29) is 0 Å².